The van der Waals surface area contributed by atoms with E-state index in [1.165, 1.54) is 6.39 Å². The molecule has 7 heteroatoms. The fourth-order valence-corrected chi connectivity index (χ4v) is 1.46. The van der Waals surface area contributed by atoms with E-state index in [-0.39, 0.29) is 12.5 Å². The Morgan fingerprint density at radius 3 is 3.11 bits per heavy atom. The third-order valence-electron chi connectivity index (χ3n) is 2.33. The second-order valence-corrected chi connectivity index (χ2v) is 3.73. The molecule has 7 nitrogen and oxygen atoms in total. The number of hydrogen-bond acceptors (Lipinski definition) is 6. The Balaban J connectivity index is 1.77. The number of anilines is 1. The number of rotatable bonds is 6. The molecule has 0 spiro atoms. The smallest absolute Gasteiger partial charge is 0.238 e. The van der Waals surface area contributed by atoms with Gasteiger partial charge in [0.25, 0.3) is 0 Å². The van der Waals surface area contributed by atoms with E-state index < -0.39 is 0 Å². The average Bonchev–Trinajstić information content (AvgIpc) is 2.92. The average molecular weight is 262 g/mol. The van der Waals surface area contributed by atoms with Crippen molar-refractivity contribution in [3.8, 4) is 5.75 Å². The summed E-state index contributed by atoms with van der Waals surface area (Å²) in [6.07, 6.45) is 1.24. The number of nitrogens with zero attached hydrogens (tertiary/aromatic N) is 2. The van der Waals surface area contributed by atoms with Gasteiger partial charge in [-0.05, 0) is 12.1 Å². The van der Waals surface area contributed by atoms with E-state index in [0.29, 0.717) is 23.8 Å². The number of methoxy groups -OCH3 is 1. The van der Waals surface area contributed by atoms with Gasteiger partial charge in [-0.25, -0.2) is 0 Å². The molecule has 0 fully saturated rings. The highest BCUT2D eigenvalue weighted by Crippen LogP contribution is 2.16. The Kier molecular flexibility index (Phi) is 4.46. The lowest BCUT2D eigenvalue weighted by atomic mass is 10.3. The van der Waals surface area contributed by atoms with Crippen molar-refractivity contribution >= 4 is 11.6 Å². The zero-order valence-corrected chi connectivity index (χ0v) is 10.4. The Morgan fingerprint density at radius 2 is 2.37 bits per heavy atom. The molecule has 19 heavy (non-hydrogen) atoms. The Bertz CT molecular complexity index is 528. The molecule has 1 amide bonds. The van der Waals surface area contributed by atoms with Crippen molar-refractivity contribution in [3.63, 3.8) is 0 Å². The summed E-state index contributed by atoms with van der Waals surface area (Å²) < 4.78 is 9.65. The standard InChI is InChI=1S/C12H14N4O3/c1-18-10-4-2-3-9(5-10)15-12(17)7-13-6-11-14-8-19-16-11/h2-5,8,13H,6-7H2,1H3,(H,15,17). The fraction of sp³-hybridized carbons (Fsp3) is 0.250. The van der Waals surface area contributed by atoms with Crippen LogP contribution in [-0.2, 0) is 11.3 Å². The van der Waals surface area contributed by atoms with Gasteiger partial charge in [-0.2, -0.15) is 4.98 Å². The molecule has 2 rings (SSSR count). The number of hydrogen-bond donors (Lipinski definition) is 2. The van der Waals surface area contributed by atoms with E-state index in [9.17, 15) is 4.79 Å². The predicted molar refractivity (Wildman–Crippen MR) is 67.6 cm³/mol. The van der Waals surface area contributed by atoms with Crippen LogP contribution in [0.2, 0.25) is 0 Å². The second-order valence-electron chi connectivity index (χ2n) is 3.73. The second kappa shape index (κ2) is 6.50. The van der Waals surface area contributed by atoms with Gasteiger partial charge in [-0.3, -0.25) is 4.79 Å². The zero-order valence-electron chi connectivity index (χ0n) is 10.4. The van der Waals surface area contributed by atoms with E-state index in [1.54, 1.807) is 25.3 Å². The minimum Gasteiger partial charge on any atom is -0.497 e. The normalized spacial score (nSPS) is 10.2. The van der Waals surface area contributed by atoms with Crippen molar-refractivity contribution in [2.75, 3.05) is 19.0 Å². The lowest BCUT2D eigenvalue weighted by Crippen LogP contribution is -2.28. The molecule has 2 N–H and O–H groups in total. The Morgan fingerprint density at radius 1 is 1.47 bits per heavy atom. The zero-order chi connectivity index (χ0) is 13.5. The van der Waals surface area contributed by atoms with Crippen LogP contribution in [-0.4, -0.2) is 29.7 Å². The summed E-state index contributed by atoms with van der Waals surface area (Å²) in [6.45, 7) is 0.535. The van der Waals surface area contributed by atoms with Crippen molar-refractivity contribution in [1.29, 1.82) is 0 Å². The molecule has 2 aromatic rings. The summed E-state index contributed by atoms with van der Waals surface area (Å²) in [7, 11) is 1.58. The van der Waals surface area contributed by atoms with Crippen LogP contribution in [0.1, 0.15) is 5.82 Å². The van der Waals surface area contributed by atoms with E-state index in [1.807, 2.05) is 6.07 Å². The molecule has 0 aliphatic heterocycles. The van der Waals surface area contributed by atoms with Gasteiger partial charge in [0.05, 0.1) is 20.2 Å². The first-order chi connectivity index (χ1) is 9.28. The predicted octanol–water partition coefficient (Wildman–Crippen LogP) is 0.806. The van der Waals surface area contributed by atoms with Crippen molar-refractivity contribution in [2.45, 2.75) is 6.54 Å². The maximum Gasteiger partial charge on any atom is 0.238 e. The Hall–Kier alpha value is -2.41. The third-order valence-corrected chi connectivity index (χ3v) is 2.33. The third kappa shape index (κ3) is 4.07. The van der Waals surface area contributed by atoms with Gasteiger partial charge in [-0.15, -0.1) is 0 Å². The van der Waals surface area contributed by atoms with Crippen LogP contribution < -0.4 is 15.4 Å². The molecule has 0 radical (unpaired) electrons. The van der Waals surface area contributed by atoms with Crippen LogP contribution in [0.25, 0.3) is 0 Å². The lowest BCUT2D eigenvalue weighted by Gasteiger charge is -2.07. The van der Waals surface area contributed by atoms with Crippen LogP contribution in [0, 0.1) is 0 Å². The fourth-order valence-electron chi connectivity index (χ4n) is 1.46. The van der Waals surface area contributed by atoms with Crippen molar-refractivity contribution in [3.05, 3.63) is 36.5 Å². The van der Waals surface area contributed by atoms with Crippen LogP contribution in [0.15, 0.2) is 35.2 Å². The van der Waals surface area contributed by atoms with Gasteiger partial charge in [-0.1, -0.05) is 11.2 Å². The first-order valence-electron chi connectivity index (χ1n) is 5.68. The number of amides is 1. The van der Waals surface area contributed by atoms with Crippen LogP contribution >= 0.6 is 0 Å². The number of carbonyl (C=O) groups excluding carboxylic acids is 1. The van der Waals surface area contributed by atoms with Gasteiger partial charge < -0.3 is 19.9 Å². The van der Waals surface area contributed by atoms with Gasteiger partial charge >= 0.3 is 0 Å². The quantitative estimate of drug-likeness (QED) is 0.800. The summed E-state index contributed by atoms with van der Waals surface area (Å²) in [5.41, 5.74) is 0.686. The number of carbonyl (C=O) groups is 1. The van der Waals surface area contributed by atoms with Crippen molar-refractivity contribution < 1.29 is 14.1 Å². The first-order valence-corrected chi connectivity index (χ1v) is 5.68. The van der Waals surface area contributed by atoms with Gasteiger partial charge in [0, 0.05) is 11.8 Å². The van der Waals surface area contributed by atoms with E-state index in [2.05, 4.69) is 25.3 Å². The molecule has 0 saturated carbocycles. The molecule has 1 heterocycles. The molecular formula is C12H14N4O3. The summed E-state index contributed by atoms with van der Waals surface area (Å²) in [6, 6.07) is 7.15. The molecular weight excluding hydrogens is 248 g/mol. The molecule has 0 aliphatic carbocycles. The summed E-state index contributed by atoms with van der Waals surface area (Å²) >= 11 is 0. The van der Waals surface area contributed by atoms with Gasteiger partial charge in [0.15, 0.2) is 5.82 Å². The highest BCUT2D eigenvalue weighted by atomic mass is 16.5. The number of nitrogens with one attached hydrogen (secondary N) is 2. The largest absolute Gasteiger partial charge is 0.497 e. The SMILES string of the molecule is COc1cccc(NC(=O)CNCc2ncon2)c1. The number of ether oxygens (including phenoxy) is 1. The highest BCUT2D eigenvalue weighted by Gasteiger charge is 2.04. The minimum absolute atomic E-state index is 0.156. The molecule has 1 aromatic carbocycles. The topological polar surface area (TPSA) is 89.3 Å². The van der Waals surface area contributed by atoms with Gasteiger partial charge in [0.1, 0.15) is 5.75 Å². The van der Waals surface area contributed by atoms with E-state index in [4.69, 9.17) is 4.74 Å². The summed E-state index contributed by atoms with van der Waals surface area (Å²) in [4.78, 5) is 15.5. The van der Waals surface area contributed by atoms with Gasteiger partial charge in [0.2, 0.25) is 12.3 Å². The maximum atomic E-state index is 11.7. The molecule has 0 unspecified atom stereocenters. The van der Waals surface area contributed by atoms with Crippen LogP contribution in [0.4, 0.5) is 5.69 Å². The molecule has 0 saturated heterocycles. The highest BCUT2D eigenvalue weighted by molar-refractivity contribution is 5.92. The Labute approximate surface area is 110 Å². The van der Waals surface area contributed by atoms with Crippen LogP contribution in [0.5, 0.6) is 5.75 Å². The van der Waals surface area contributed by atoms with E-state index in [0.717, 1.165) is 0 Å². The van der Waals surface area contributed by atoms with Crippen molar-refractivity contribution in [1.82, 2.24) is 15.5 Å². The molecule has 0 atom stereocenters. The molecule has 1 aromatic heterocycles. The van der Waals surface area contributed by atoms with Crippen LogP contribution in [0.3, 0.4) is 0 Å². The minimum atomic E-state index is -0.156. The van der Waals surface area contributed by atoms with Crippen molar-refractivity contribution in [2.24, 2.45) is 0 Å². The number of aromatic nitrogens is 2. The lowest BCUT2D eigenvalue weighted by molar-refractivity contribution is -0.115. The molecule has 0 bridgehead atoms. The summed E-state index contributed by atoms with van der Waals surface area (Å²) in [5, 5.41) is 9.28. The monoisotopic (exact) mass is 262 g/mol. The molecule has 0 aliphatic rings. The summed E-state index contributed by atoms with van der Waals surface area (Å²) in [5.74, 6) is 1.04. The first kappa shape index (κ1) is 13.0. The maximum absolute atomic E-state index is 11.7. The van der Waals surface area contributed by atoms with E-state index >= 15 is 0 Å². The number of benzene rings is 1. The molecule has 100 valence electrons.